The van der Waals surface area contributed by atoms with Crippen LogP contribution < -0.4 is 4.74 Å². The summed E-state index contributed by atoms with van der Waals surface area (Å²) in [5.41, 5.74) is 0.533. The predicted octanol–water partition coefficient (Wildman–Crippen LogP) is 1.86. The Morgan fingerprint density at radius 2 is 2.29 bits per heavy atom. The van der Waals surface area contributed by atoms with Gasteiger partial charge in [0.25, 0.3) is 0 Å². The largest absolute Gasteiger partial charge is 0.493 e. The summed E-state index contributed by atoms with van der Waals surface area (Å²) in [5.74, 6) is 1.35. The van der Waals surface area contributed by atoms with Gasteiger partial charge < -0.3 is 14.1 Å². The molecule has 2 aromatic heterocycles. The van der Waals surface area contributed by atoms with E-state index in [4.69, 9.17) is 9.15 Å². The average molecular weight is 291 g/mol. The lowest BCUT2D eigenvalue weighted by Gasteiger charge is -2.12. The monoisotopic (exact) mass is 291 g/mol. The maximum atomic E-state index is 12.5. The lowest BCUT2D eigenvalue weighted by Crippen LogP contribution is -2.21. The summed E-state index contributed by atoms with van der Waals surface area (Å²) in [7, 11) is 5.52. The van der Waals surface area contributed by atoms with Gasteiger partial charge >= 0.3 is 0 Å². The Morgan fingerprint density at radius 1 is 1.48 bits per heavy atom. The van der Waals surface area contributed by atoms with E-state index in [0.29, 0.717) is 30.8 Å². The zero-order valence-electron chi connectivity index (χ0n) is 12.7. The van der Waals surface area contributed by atoms with Crippen molar-refractivity contribution >= 4 is 5.78 Å². The number of hydrogen-bond donors (Lipinski definition) is 0. The minimum Gasteiger partial charge on any atom is -0.493 e. The minimum atomic E-state index is 0.0134. The Bertz CT molecular complexity index is 573. The first kappa shape index (κ1) is 15.3. The second kappa shape index (κ2) is 7.08. The van der Waals surface area contributed by atoms with Crippen molar-refractivity contribution in [1.82, 2.24) is 14.7 Å². The number of furan rings is 1. The smallest absolute Gasteiger partial charge is 0.185 e. The van der Waals surface area contributed by atoms with Crippen molar-refractivity contribution in [1.29, 1.82) is 0 Å². The molecular weight excluding hydrogens is 270 g/mol. The summed E-state index contributed by atoms with van der Waals surface area (Å²) in [6, 6.07) is 3.69. The van der Waals surface area contributed by atoms with Crippen molar-refractivity contribution in [3.63, 3.8) is 0 Å². The maximum absolute atomic E-state index is 12.5. The zero-order valence-corrected chi connectivity index (χ0v) is 12.7. The number of ether oxygens (including phenoxy) is 1. The van der Waals surface area contributed by atoms with Crippen molar-refractivity contribution in [2.45, 2.75) is 19.4 Å². The highest BCUT2D eigenvalue weighted by atomic mass is 16.5. The van der Waals surface area contributed by atoms with Crippen LogP contribution in [0.25, 0.3) is 0 Å². The van der Waals surface area contributed by atoms with E-state index in [1.807, 2.05) is 31.1 Å². The molecule has 0 aromatic carbocycles. The number of carbonyl (C=O) groups excluding carboxylic acids is 1. The summed E-state index contributed by atoms with van der Waals surface area (Å²) >= 11 is 0. The Balaban J connectivity index is 2.08. The molecule has 21 heavy (non-hydrogen) atoms. The first-order chi connectivity index (χ1) is 10.1. The van der Waals surface area contributed by atoms with Crippen molar-refractivity contribution < 1.29 is 13.9 Å². The highest BCUT2D eigenvalue weighted by Gasteiger charge is 2.19. The molecule has 0 spiro atoms. The normalized spacial score (nSPS) is 11.0. The van der Waals surface area contributed by atoms with Crippen molar-refractivity contribution in [2.24, 2.45) is 0 Å². The molecule has 2 heterocycles. The Hall–Kier alpha value is -2.08. The van der Waals surface area contributed by atoms with Crippen molar-refractivity contribution in [3.8, 4) is 5.75 Å². The highest BCUT2D eigenvalue weighted by Crippen LogP contribution is 2.20. The molecule has 0 atom stereocenters. The number of likely N-dealkylation sites (N-methyl/N-ethyl adjacent to an activating group) is 1. The molecule has 6 heteroatoms. The van der Waals surface area contributed by atoms with E-state index in [-0.39, 0.29) is 5.78 Å². The third kappa shape index (κ3) is 3.95. The molecule has 0 saturated heterocycles. The first-order valence-electron chi connectivity index (χ1n) is 6.92. The highest BCUT2D eigenvalue weighted by molar-refractivity contribution is 5.97. The Labute approximate surface area is 124 Å². The molecule has 0 N–H and O–H groups in total. The summed E-state index contributed by atoms with van der Waals surface area (Å²) < 4.78 is 12.2. The molecule has 0 bridgehead atoms. The van der Waals surface area contributed by atoms with Gasteiger partial charge in [-0.15, -0.1) is 0 Å². The molecule has 6 nitrogen and oxygen atoms in total. The average Bonchev–Trinajstić information content (AvgIpc) is 3.11. The first-order valence-corrected chi connectivity index (χ1v) is 6.92. The molecule has 0 aliphatic carbocycles. The van der Waals surface area contributed by atoms with Gasteiger partial charge in [-0.3, -0.25) is 9.48 Å². The van der Waals surface area contributed by atoms with Crippen molar-refractivity contribution in [2.75, 3.05) is 27.7 Å². The number of rotatable bonds is 8. The summed E-state index contributed by atoms with van der Waals surface area (Å²) in [6.07, 6.45) is 4.16. The molecule has 0 amide bonds. The standard InChI is InChI=1S/C15H21N3O3/c1-17(2)8-9-18-15(14(20-3)11-16-18)13(19)7-6-12-5-4-10-21-12/h4-5,10-11H,6-9H2,1-3H3. The molecular formula is C15H21N3O3. The van der Waals surface area contributed by atoms with Crippen LogP contribution in [0.5, 0.6) is 5.75 Å². The lowest BCUT2D eigenvalue weighted by atomic mass is 10.1. The number of hydrogen-bond acceptors (Lipinski definition) is 5. The van der Waals surface area contributed by atoms with Crippen molar-refractivity contribution in [3.05, 3.63) is 36.0 Å². The number of aromatic nitrogens is 2. The van der Waals surface area contributed by atoms with Crippen LogP contribution in [0.15, 0.2) is 29.0 Å². The number of aryl methyl sites for hydroxylation is 1. The van der Waals surface area contributed by atoms with Crippen LogP contribution in [0, 0.1) is 0 Å². The van der Waals surface area contributed by atoms with E-state index < -0.39 is 0 Å². The van der Waals surface area contributed by atoms with Gasteiger partial charge in [-0.05, 0) is 26.2 Å². The third-order valence-corrected chi connectivity index (χ3v) is 3.23. The van der Waals surface area contributed by atoms with E-state index in [1.54, 1.807) is 24.3 Å². The van der Waals surface area contributed by atoms with Crippen LogP contribution in [0.2, 0.25) is 0 Å². The van der Waals surface area contributed by atoms with E-state index in [0.717, 1.165) is 12.3 Å². The van der Waals surface area contributed by atoms with Crippen LogP contribution in [0.3, 0.4) is 0 Å². The molecule has 0 fully saturated rings. The fourth-order valence-corrected chi connectivity index (χ4v) is 2.07. The van der Waals surface area contributed by atoms with Gasteiger partial charge in [0.05, 0.1) is 26.1 Å². The van der Waals surface area contributed by atoms with Crippen LogP contribution in [0.4, 0.5) is 0 Å². The summed E-state index contributed by atoms with van der Waals surface area (Å²) in [5, 5.41) is 4.25. The molecule has 0 aliphatic heterocycles. The molecule has 0 radical (unpaired) electrons. The molecule has 2 aromatic rings. The SMILES string of the molecule is COc1cnn(CCN(C)C)c1C(=O)CCc1ccco1. The van der Waals surface area contributed by atoms with Gasteiger partial charge in [0.2, 0.25) is 0 Å². The van der Waals surface area contributed by atoms with Gasteiger partial charge in [-0.1, -0.05) is 0 Å². The quantitative estimate of drug-likeness (QED) is 0.695. The number of ketones is 1. The fourth-order valence-electron chi connectivity index (χ4n) is 2.07. The zero-order chi connectivity index (χ0) is 15.2. The second-order valence-electron chi connectivity index (χ2n) is 5.09. The van der Waals surface area contributed by atoms with Crippen LogP contribution in [-0.2, 0) is 13.0 Å². The van der Waals surface area contributed by atoms with Crippen LogP contribution >= 0.6 is 0 Å². The maximum Gasteiger partial charge on any atom is 0.185 e. The fraction of sp³-hybridized carbons (Fsp3) is 0.467. The lowest BCUT2D eigenvalue weighted by molar-refractivity contribution is 0.0966. The second-order valence-corrected chi connectivity index (χ2v) is 5.09. The molecule has 0 aliphatic rings. The summed E-state index contributed by atoms with van der Waals surface area (Å²) in [6.45, 7) is 1.46. The number of methoxy groups -OCH3 is 1. The number of nitrogens with zero attached hydrogens (tertiary/aromatic N) is 3. The van der Waals surface area contributed by atoms with E-state index in [2.05, 4.69) is 5.10 Å². The molecule has 0 unspecified atom stereocenters. The number of carbonyl (C=O) groups is 1. The van der Waals surface area contributed by atoms with Gasteiger partial charge in [0, 0.05) is 19.4 Å². The topological polar surface area (TPSA) is 60.5 Å². The van der Waals surface area contributed by atoms with Crippen LogP contribution in [0.1, 0.15) is 22.7 Å². The van der Waals surface area contributed by atoms with Gasteiger partial charge in [0.15, 0.2) is 11.5 Å². The Morgan fingerprint density at radius 3 is 2.90 bits per heavy atom. The van der Waals surface area contributed by atoms with E-state index in [9.17, 15) is 4.79 Å². The van der Waals surface area contributed by atoms with E-state index in [1.165, 1.54) is 0 Å². The van der Waals surface area contributed by atoms with Crippen LogP contribution in [-0.4, -0.2) is 48.2 Å². The summed E-state index contributed by atoms with van der Waals surface area (Å²) in [4.78, 5) is 14.5. The molecule has 2 rings (SSSR count). The van der Waals surface area contributed by atoms with Gasteiger partial charge in [0.1, 0.15) is 11.5 Å². The number of Topliss-reactive ketones (excluding diaryl/α,β-unsaturated/α-hetero) is 1. The Kier molecular flexibility index (Phi) is 5.16. The van der Waals surface area contributed by atoms with Gasteiger partial charge in [-0.25, -0.2) is 0 Å². The van der Waals surface area contributed by atoms with Gasteiger partial charge in [-0.2, -0.15) is 5.10 Å². The third-order valence-electron chi connectivity index (χ3n) is 3.23. The van der Waals surface area contributed by atoms with E-state index >= 15 is 0 Å². The molecule has 0 saturated carbocycles. The molecule has 114 valence electrons. The predicted molar refractivity (Wildman–Crippen MR) is 78.7 cm³/mol. The minimum absolute atomic E-state index is 0.0134.